The number of benzene rings is 2. The van der Waals surface area contributed by atoms with Crippen molar-refractivity contribution >= 4 is 17.3 Å². The number of anilines is 1. The fourth-order valence-corrected chi connectivity index (χ4v) is 3.10. The zero-order valence-electron chi connectivity index (χ0n) is 14.7. The molecule has 1 heterocycles. The highest BCUT2D eigenvalue weighted by atomic mass is 16.6. The maximum atomic E-state index is 12.7. The predicted octanol–water partition coefficient (Wildman–Crippen LogP) is 2.25. The van der Waals surface area contributed by atoms with Crippen molar-refractivity contribution in [2.75, 3.05) is 31.1 Å². The lowest BCUT2D eigenvalue weighted by molar-refractivity contribution is -0.384. The lowest BCUT2D eigenvalue weighted by Gasteiger charge is -2.37. The van der Waals surface area contributed by atoms with E-state index in [1.807, 2.05) is 42.2 Å². The van der Waals surface area contributed by atoms with Gasteiger partial charge in [0.05, 0.1) is 4.92 Å². The summed E-state index contributed by atoms with van der Waals surface area (Å²) in [6.07, 6.45) is 0. The lowest BCUT2D eigenvalue weighted by atomic mass is 10.0. The number of non-ortho nitro benzene ring substituents is 1. The predicted molar refractivity (Wildman–Crippen MR) is 100.0 cm³/mol. The number of hydrogen-bond acceptors (Lipinski definition) is 5. The number of amides is 1. The molecule has 0 aliphatic carbocycles. The molecule has 1 atom stereocenters. The monoisotopic (exact) mass is 354 g/mol. The molecule has 0 radical (unpaired) electrons. The van der Waals surface area contributed by atoms with Gasteiger partial charge in [0.2, 0.25) is 5.91 Å². The van der Waals surface area contributed by atoms with Crippen LogP contribution in [0.3, 0.4) is 0 Å². The van der Waals surface area contributed by atoms with Crippen LogP contribution in [0.25, 0.3) is 0 Å². The maximum Gasteiger partial charge on any atom is 0.271 e. The van der Waals surface area contributed by atoms with Crippen molar-refractivity contribution in [3.63, 3.8) is 0 Å². The van der Waals surface area contributed by atoms with Crippen LogP contribution < -0.4 is 10.6 Å². The molecule has 1 saturated heterocycles. The van der Waals surface area contributed by atoms with E-state index in [1.54, 1.807) is 17.0 Å². The molecule has 0 spiro atoms. The molecule has 2 N–H and O–H groups in total. The Balaban J connectivity index is 1.62. The topological polar surface area (TPSA) is 92.7 Å². The molecule has 7 heteroatoms. The van der Waals surface area contributed by atoms with E-state index in [9.17, 15) is 14.9 Å². The van der Waals surface area contributed by atoms with Crippen LogP contribution in [0, 0.1) is 17.0 Å². The minimum absolute atomic E-state index is 0.0717. The first-order valence-electron chi connectivity index (χ1n) is 8.56. The molecule has 0 bridgehead atoms. The van der Waals surface area contributed by atoms with Crippen molar-refractivity contribution in [1.29, 1.82) is 0 Å². The van der Waals surface area contributed by atoms with Crippen molar-refractivity contribution in [3.05, 3.63) is 69.8 Å². The number of piperazine rings is 1. The minimum Gasteiger partial charge on any atom is -0.368 e. The second-order valence-corrected chi connectivity index (χ2v) is 6.48. The molecule has 7 nitrogen and oxygen atoms in total. The van der Waals surface area contributed by atoms with E-state index in [0.717, 1.165) is 16.8 Å². The molecule has 136 valence electrons. The van der Waals surface area contributed by atoms with Gasteiger partial charge >= 0.3 is 0 Å². The number of nitrogens with zero attached hydrogens (tertiary/aromatic N) is 3. The first-order valence-corrected chi connectivity index (χ1v) is 8.56. The van der Waals surface area contributed by atoms with E-state index in [2.05, 4.69) is 0 Å². The molecule has 1 fully saturated rings. The minimum atomic E-state index is -0.667. The molecule has 1 unspecified atom stereocenters. The summed E-state index contributed by atoms with van der Waals surface area (Å²) in [5.41, 5.74) is 8.94. The number of rotatable bonds is 4. The quantitative estimate of drug-likeness (QED) is 0.671. The number of carbonyl (C=O) groups is 1. The van der Waals surface area contributed by atoms with Gasteiger partial charge in [-0.2, -0.15) is 0 Å². The molecule has 2 aromatic carbocycles. The van der Waals surface area contributed by atoms with E-state index >= 15 is 0 Å². The maximum absolute atomic E-state index is 12.7. The van der Waals surface area contributed by atoms with E-state index in [0.29, 0.717) is 26.2 Å². The standard InChI is InChI=1S/C19H22N4O3/c1-14-5-7-15(8-6-14)18(20)19(24)22-11-9-21(10-12-22)16-3-2-4-17(13-16)23(25)26/h2-8,13,18H,9-12,20H2,1H3. The largest absolute Gasteiger partial charge is 0.368 e. The van der Waals surface area contributed by atoms with Gasteiger partial charge in [-0.15, -0.1) is 0 Å². The highest BCUT2D eigenvalue weighted by Gasteiger charge is 2.26. The summed E-state index contributed by atoms with van der Waals surface area (Å²) in [5, 5.41) is 10.9. The molecule has 0 saturated carbocycles. The Labute approximate surface area is 152 Å². The average Bonchev–Trinajstić information content (AvgIpc) is 2.67. The van der Waals surface area contributed by atoms with Gasteiger partial charge in [0, 0.05) is 44.0 Å². The summed E-state index contributed by atoms with van der Waals surface area (Å²) in [4.78, 5) is 27.0. The number of aryl methyl sites for hydroxylation is 1. The Morgan fingerprint density at radius 3 is 2.38 bits per heavy atom. The van der Waals surface area contributed by atoms with Gasteiger partial charge < -0.3 is 15.5 Å². The Kier molecular flexibility index (Phi) is 5.18. The Hall–Kier alpha value is -2.93. The first kappa shape index (κ1) is 17.9. The molecular weight excluding hydrogens is 332 g/mol. The molecule has 26 heavy (non-hydrogen) atoms. The number of hydrogen-bond donors (Lipinski definition) is 1. The fourth-order valence-electron chi connectivity index (χ4n) is 3.10. The smallest absolute Gasteiger partial charge is 0.271 e. The van der Waals surface area contributed by atoms with Crippen LogP contribution in [0.1, 0.15) is 17.2 Å². The van der Waals surface area contributed by atoms with Crippen LogP contribution >= 0.6 is 0 Å². The van der Waals surface area contributed by atoms with Gasteiger partial charge in [-0.3, -0.25) is 14.9 Å². The van der Waals surface area contributed by atoms with Crippen LogP contribution in [-0.2, 0) is 4.79 Å². The van der Waals surface area contributed by atoms with Gasteiger partial charge in [0.15, 0.2) is 0 Å². The fraction of sp³-hybridized carbons (Fsp3) is 0.316. The van der Waals surface area contributed by atoms with Gasteiger partial charge in [0.25, 0.3) is 5.69 Å². The van der Waals surface area contributed by atoms with E-state index in [1.165, 1.54) is 6.07 Å². The van der Waals surface area contributed by atoms with Gasteiger partial charge in [0.1, 0.15) is 6.04 Å². The molecule has 1 aliphatic heterocycles. The van der Waals surface area contributed by atoms with E-state index < -0.39 is 11.0 Å². The number of nitro benzene ring substituents is 1. The zero-order valence-corrected chi connectivity index (χ0v) is 14.7. The number of nitrogens with two attached hydrogens (primary N) is 1. The summed E-state index contributed by atoms with van der Waals surface area (Å²) in [7, 11) is 0. The molecule has 0 aromatic heterocycles. The number of nitro groups is 1. The number of carbonyl (C=O) groups excluding carboxylic acids is 1. The third-order valence-electron chi connectivity index (χ3n) is 4.70. The lowest BCUT2D eigenvalue weighted by Crippen LogP contribution is -2.51. The summed E-state index contributed by atoms with van der Waals surface area (Å²) in [6, 6.07) is 13.6. The zero-order chi connectivity index (χ0) is 18.7. The summed E-state index contributed by atoms with van der Waals surface area (Å²) >= 11 is 0. The Morgan fingerprint density at radius 2 is 1.77 bits per heavy atom. The first-order chi connectivity index (χ1) is 12.5. The Morgan fingerprint density at radius 1 is 1.12 bits per heavy atom. The highest BCUT2D eigenvalue weighted by molar-refractivity contribution is 5.83. The van der Waals surface area contributed by atoms with Crippen molar-refractivity contribution in [3.8, 4) is 0 Å². The molecular formula is C19H22N4O3. The van der Waals surface area contributed by atoms with Crippen LogP contribution in [-0.4, -0.2) is 41.9 Å². The second kappa shape index (κ2) is 7.53. The van der Waals surface area contributed by atoms with Crippen molar-refractivity contribution in [2.24, 2.45) is 5.73 Å². The van der Waals surface area contributed by atoms with Gasteiger partial charge in [-0.1, -0.05) is 35.9 Å². The summed E-state index contributed by atoms with van der Waals surface area (Å²) in [5.74, 6) is -0.0902. The summed E-state index contributed by atoms with van der Waals surface area (Å²) in [6.45, 7) is 4.31. The van der Waals surface area contributed by atoms with Crippen LogP contribution in [0.2, 0.25) is 0 Å². The SMILES string of the molecule is Cc1ccc(C(N)C(=O)N2CCN(c3cccc([N+](=O)[O-])c3)CC2)cc1. The average molecular weight is 354 g/mol. The van der Waals surface area contributed by atoms with Crippen molar-refractivity contribution < 1.29 is 9.72 Å². The van der Waals surface area contributed by atoms with E-state index in [4.69, 9.17) is 5.73 Å². The van der Waals surface area contributed by atoms with Crippen LogP contribution in [0.5, 0.6) is 0 Å². The van der Waals surface area contributed by atoms with Gasteiger partial charge in [-0.25, -0.2) is 0 Å². The van der Waals surface area contributed by atoms with Crippen molar-refractivity contribution in [1.82, 2.24) is 4.90 Å². The highest BCUT2D eigenvalue weighted by Crippen LogP contribution is 2.23. The molecule has 1 amide bonds. The van der Waals surface area contributed by atoms with Crippen LogP contribution in [0.15, 0.2) is 48.5 Å². The molecule has 1 aliphatic rings. The second-order valence-electron chi connectivity index (χ2n) is 6.48. The third-order valence-corrected chi connectivity index (χ3v) is 4.70. The van der Waals surface area contributed by atoms with E-state index in [-0.39, 0.29) is 11.6 Å². The molecule has 3 rings (SSSR count). The Bertz CT molecular complexity index is 799. The summed E-state index contributed by atoms with van der Waals surface area (Å²) < 4.78 is 0. The third kappa shape index (κ3) is 3.83. The van der Waals surface area contributed by atoms with Crippen molar-refractivity contribution in [2.45, 2.75) is 13.0 Å². The van der Waals surface area contributed by atoms with Crippen LogP contribution in [0.4, 0.5) is 11.4 Å². The molecule has 2 aromatic rings. The van der Waals surface area contributed by atoms with Gasteiger partial charge in [-0.05, 0) is 18.6 Å². The normalized spacial score (nSPS) is 15.6.